The Hall–Kier alpha value is -1.11. The molecule has 118 valence electrons. The Morgan fingerprint density at radius 1 is 1.38 bits per heavy atom. The van der Waals surface area contributed by atoms with Gasteiger partial charge in [-0.2, -0.15) is 4.72 Å². The number of esters is 1. The molecule has 1 aromatic carbocycles. The van der Waals surface area contributed by atoms with E-state index in [-0.39, 0.29) is 10.8 Å². The van der Waals surface area contributed by atoms with Crippen molar-refractivity contribution in [2.45, 2.75) is 38.1 Å². The number of methoxy groups -OCH3 is 1. The number of carbonyl (C=O) groups is 1. The minimum Gasteiger partial charge on any atom is -0.468 e. The fourth-order valence-electron chi connectivity index (χ4n) is 1.92. The molecule has 0 radical (unpaired) electrons. The summed E-state index contributed by atoms with van der Waals surface area (Å²) >= 11 is 5.85. The molecule has 0 aromatic heterocycles. The van der Waals surface area contributed by atoms with Crippen LogP contribution < -0.4 is 4.72 Å². The number of rotatable bonds is 6. The third-order valence-corrected chi connectivity index (χ3v) is 4.78. The smallest absolute Gasteiger partial charge is 0.323 e. The fraction of sp³-hybridized carbons (Fsp3) is 0.500. The number of hydrogen-bond donors (Lipinski definition) is 1. The van der Waals surface area contributed by atoms with Gasteiger partial charge in [-0.05, 0) is 37.0 Å². The van der Waals surface area contributed by atoms with Gasteiger partial charge in [-0.25, -0.2) is 8.42 Å². The molecule has 5 nitrogen and oxygen atoms in total. The molecule has 0 bridgehead atoms. The molecule has 0 aliphatic carbocycles. The average molecular weight is 334 g/mol. The normalized spacial score (nSPS) is 13.2. The first kappa shape index (κ1) is 17.9. The van der Waals surface area contributed by atoms with Crippen molar-refractivity contribution in [3.8, 4) is 0 Å². The fourth-order valence-corrected chi connectivity index (χ4v) is 3.63. The van der Waals surface area contributed by atoms with Crippen LogP contribution in [0.5, 0.6) is 0 Å². The number of aryl methyl sites for hydroxylation is 1. The van der Waals surface area contributed by atoms with E-state index in [9.17, 15) is 13.2 Å². The predicted molar refractivity (Wildman–Crippen MR) is 81.8 cm³/mol. The molecule has 0 amide bonds. The Bertz CT molecular complexity index is 613. The number of carbonyl (C=O) groups excluding carboxylic acids is 1. The largest absolute Gasteiger partial charge is 0.468 e. The van der Waals surface area contributed by atoms with E-state index in [4.69, 9.17) is 11.6 Å². The van der Waals surface area contributed by atoms with Crippen molar-refractivity contribution in [1.29, 1.82) is 0 Å². The SMILES string of the molecule is COC(=O)C(CC(C)C)NS(=O)(=O)c1cc(Cl)ccc1C. The highest BCUT2D eigenvalue weighted by Gasteiger charge is 2.28. The maximum atomic E-state index is 12.4. The molecule has 0 spiro atoms. The molecule has 1 atom stereocenters. The number of sulfonamides is 1. The second kappa shape index (κ2) is 7.24. The molecule has 0 aliphatic rings. The van der Waals surface area contributed by atoms with Gasteiger partial charge in [-0.3, -0.25) is 4.79 Å². The van der Waals surface area contributed by atoms with Crippen molar-refractivity contribution in [3.63, 3.8) is 0 Å². The van der Waals surface area contributed by atoms with Crippen molar-refractivity contribution in [3.05, 3.63) is 28.8 Å². The van der Waals surface area contributed by atoms with Gasteiger partial charge in [0.15, 0.2) is 0 Å². The Morgan fingerprint density at radius 3 is 2.52 bits per heavy atom. The van der Waals surface area contributed by atoms with Crippen LogP contribution in [-0.2, 0) is 19.6 Å². The van der Waals surface area contributed by atoms with E-state index in [1.807, 2.05) is 13.8 Å². The summed E-state index contributed by atoms with van der Waals surface area (Å²) in [5.41, 5.74) is 0.556. The van der Waals surface area contributed by atoms with Crippen molar-refractivity contribution in [1.82, 2.24) is 4.72 Å². The molecule has 0 saturated carbocycles. The number of benzene rings is 1. The lowest BCUT2D eigenvalue weighted by Gasteiger charge is -2.19. The summed E-state index contributed by atoms with van der Waals surface area (Å²) in [5.74, 6) is -0.468. The van der Waals surface area contributed by atoms with Gasteiger partial charge in [0.2, 0.25) is 10.0 Å². The molecular formula is C14H20ClNO4S. The zero-order valence-corrected chi connectivity index (χ0v) is 14.1. The van der Waals surface area contributed by atoms with Crippen LogP contribution in [0.25, 0.3) is 0 Å². The predicted octanol–water partition coefficient (Wildman–Crippen LogP) is 2.51. The minimum atomic E-state index is -3.85. The average Bonchev–Trinajstić information content (AvgIpc) is 2.38. The quantitative estimate of drug-likeness (QED) is 0.812. The van der Waals surface area contributed by atoms with Crippen LogP contribution in [0.2, 0.25) is 5.02 Å². The number of ether oxygens (including phenoxy) is 1. The van der Waals surface area contributed by atoms with Crippen LogP contribution in [0.1, 0.15) is 25.8 Å². The highest BCUT2D eigenvalue weighted by atomic mass is 35.5. The van der Waals surface area contributed by atoms with Crippen LogP contribution in [-0.4, -0.2) is 27.5 Å². The first-order chi connectivity index (χ1) is 9.67. The van der Waals surface area contributed by atoms with E-state index >= 15 is 0 Å². The van der Waals surface area contributed by atoms with Crippen molar-refractivity contribution in [2.24, 2.45) is 5.92 Å². The molecule has 0 saturated heterocycles. The standard InChI is InChI=1S/C14H20ClNO4S/c1-9(2)7-12(14(17)20-4)16-21(18,19)13-8-11(15)6-5-10(13)3/h5-6,8-9,12,16H,7H2,1-4H3. The summed E-state index contributed by atoms with van der Waals surface area (Å²) in [6.45, 7) is 5.46. The van der Waals surface area contributed by atoms with Gasteiger partial charge in [-0.15, -0.1) is 0 Å². The topological polar surface area (TPSA) is 72.5 Å². The second-order valence-corrected chi connectivity index (χ2v) is 7.36. The summed E-state index contributed by atoms with van der Waals surface area (Å²) in [4.78, 5) is 11.8. The maximum Gasteiger partial charge on any atom is 0.323 e. The molecule has 0 aliphatic heterocycles. The Kier molecular flexibility index (Phi) is 6.19. The van der Waals surface area contributed by atoms with Gasteiger partial charge in [0, 0.05) is 5.02 Å². The maximum absolute atomic E-state index is 12.4. The lowest BCUT2D eigenvalue weighted by Crippen LogP contribution is -2.42. The van der Waals surface area contributed by atoms with E-state index in [0.29, 0.717) is 17.0 Å². The molecular weight excluding hydrogens is 314 g/mol. The highest BCUT2D eigenvalue weighted by molar-refractivity contribution is 7.89. The summed E-state index contributed by atoms with van der Waals surface area (Å²) in [6, 6.07) is 3.68. The molecule has 1 rings (SSSR count). The van der Waals surface area contributed by atoms with E-state index in [0.717, 1.165) is 0 Å². The number of hydrogen-bond acceptors (Lipinski definition) is 4. The monoisotopic (exact) mass is 333 g/mol. The molecule has 21 heavy (non-hydrogen) atoms. The van der Waals surface area contributed by atoms with Crippen LogP contribution in [0.4, 0.5) is 0 Å². The second-order valence-electron chi connectivity index (χ2n) is 5.24. The first-order valence-corrected chi connectivity index (χ1v) is 8.39. The molecule has 0 heterocycles. The molecule has 7 heteroatoms. The number of nitrogens with one attached hydrogen (secondary N) is 1. The Morgan fingerprint density at radius 2 is 2.00 bits per heavy atom. The van der Waals surface area contributed by atoms with E-state index in [2.05, 4.69) is 9.46 Å². The summed E-state index contributed by atoms with van der Waals surface area (Å²) in [5, 5.41) is 0.319. The summed E-state index contributed by atoms with van der Waals surface area (Å²) < 4.78 is 31.9. The molecule has 1 aromatic rings. The van der Waals surface area contributed by atoms with Crippen LogP contribution in [0.15, 0.2) is 23.1 Å². The van der Waals surface area contributed by atoms with E-state index in [1.165, 1.54) is 13.2 Å². The van der Waals surface area contributed by atoms with Crippen molar-refractivity contribution < 1.29 is 17.9 Å². The van der Waals surface area contributed by atoms with Gasteiger partial charge >= 0.3 is 5.97 Å². The Balaban J connectivity index is 3.11. The van der Waals surface area contributed by atoms with Crippen molar-refractivity contribution in [2.75, 3.05) is 7.11 Å². The lowest BCUT2D eigenvalue weighted by atomic mass is 10.1. The van der Waals surface area contributed by atoms with Crippen LogP contribution >= 0.6 is 11.6 Å². The van der Waals surface area contributed by atoms with E-state index in [1.54, 1.807) is 19.1 Å². The van der Waals surface area contributed by atoms with Crippen LogP contribution in [0.3, 0.4) is 0 Å². The minimum absolute atomic E-state index is 0.0626. The summed E-state index contributed by atoms with van der Waals surface area (Å²) in [6.07, 6.45) is 0.353. The molecule has 1 unspecified atom stereocenters. The molecule has 0 fully saturated rings. The van der Waals surface area contributed by atoms with Gasteiger partial charge in [0.25, 0.3) is 0 Å². The first-order valence-electron chi connectivity index (χ1n) is 6.53. The van der Waals surface area contributed by atoms with Gasteiger partial charge < -0.3 is 4.74 Å². The third-order valence-electron chi connectivity index (χ3n) is 2.93. The van der Waals surface area contributed by atoms with Crippen molar-refractivity contribution >= 4 is 27.6 Å². The molecule has 1 N–H and O–H groups in total. The van der Waals surface area contributed by atoms with Crippen LogP contribution in [0, 0.1) is 12.8 Å². The van der Waals surface area contributed by atoms with Gasteiger partial charge in [0.1, 0.15) is 6.04 Å². The zero-order chi connectivity index (χ0) is 16.2. The van der Waals surface area contributed by atoms with Gasteiger partial charge in [0.05, 0.1) is 12.0 Å². The zero-order valence-electron chi connectivity index (χ0n) is 12.5. The lowest BCUT2D eigenvalue weighted by molar-refractivity contribution is -0.143. The van der Waals surface area contributed by atoms with E-state index < -0.39 is 22.0 Å². The Labute approximate surface area is 130 Å². The highest BCUT2D eigenvalue weighted by Crippen LogP contribution is 2.21. The van der Waals surface area contributed by atoms with Gasteiger partial charge in [-0.1, -0.05) is 31.5 Å². The number of halogens is 1. The summed E-state index contributed by atoms with van der Waals surface area (Å²) in [7, 11) is -2.62. The third kappa shape index (κ3) is 4.98.